The second-order valence-electron chi connectivity index (χ2n) is 6.99. The molecule has 2 N–H and O–H groups in total. The van der Waals surface area contributed by atoms with E-state index < -0.39 is 5.91 Å². The molecule has 0 saturated carbocycles. The Labute approximate surface area is 185 Å². The fourth-order valence-corrected chi connectivity index (χ4v) is 3.59. The molecule has 6 nitrogen and oxygen atoms in total. The minimum absolute atomic E-state index is 0.0307. The van der Waals surface area contributed by atoms with Gasteiger partial charge in [0, 0.05) is 10.9 Å². The molecule has 3 aromatic carbocycles. The van der Waals surface area contributed by atoms with Gasteiger partial charge in [-0.15, -0.1) is 0 Å². The van der Waals surface area contributed by atoms with Crippen molar-refractivity contribution < 1.29 is 14.3 Å². The number of anilines is 1. The maximum Gasteiger partial charge on any atom is 0.266 e. The number of carbonyl (C=O) groups excluding carboxylic acids is 1. The van der Waals surface area contributed by atoms with Crippen LogP contribution in [0, 0.1) is 11.3 Å². The van der Waals surface area contributed by atoms with E-state index in [4.69, 9.17) is 9.47 Å². The number of amides is 1. The Morgan fingerprint density at radius 3 is 2.34 bits per heavy atom. The number of nitriles is 1. The molecular weight excluding hydrogens is 402 g/mol. The van der Waals surface area contributed by atoms with Gasteiger partial charge in [0.25, 0.3) is 5.91 Å². The molecule has 0 aliphatic carbocycles. The van der Waals surface area contributed by atoms with Crippen LogP contribution in [-0.4, -0.2) is 25.1 Å². The number of hydrogen-bond donors (Lipinski definition) is 2. The van der Waals surface area contributed by atoms with E-state index in [0.29, 0.717) is 17.2 Å². The molecule has 6 heteroatoms. The van der Waals surface area contributed by atoms with Crippen molar-refractivity contribution in [2.75, 3.05) is 19.5 Å². The number of H-pyrrole nitrogens is 1. The quantitative estimate of drug-likeness (QED) is 0.321. The fraction of sp³-hybridized carbons (Fsp3) is 0.0769. The lowest BCUT2D eigenvalue weighted by molar-refractivity contribution is -0.112. The molecule has 0 bridgehead atoms. The Morgan fingerprint density at radius 2 is 1.62 bits per heavy atom. The van der Waals surface area contributed by atoms with Gasteiger partial charge in [-0.05, 0) is 29.8 Å². The summed E-state index contributed by atoms with van der Waals surface area (Å²) in [4.78, 5) is 16.4. The normalized spacial score (nSPS) is 11.1. The monoisotopic (exact) mass is 423 g/mol. The molecule has 4 rings (SSSR count). The Morgan fingerprint density at radius 1 is 0.938 bits per heavy atom. The van der Waals surface area contributed by atoms with E-state index in [0.717, 1.165) is 27.7 Å². The van der Waals surface area contributed by atoms with E-state index in [1.807, 2.05) is 54.6 Å². The van der Waals surface area contributed by atoms with E-state index in [-0.39, 0.29) is 5.57 Å². The molecule has 1 amide bonds. The highest BCUT2D eigenvalue weighted by molar-refractivity contribution is 6.12. The van der Waals surface area contributed by atoms with Gasteiger partial charge in [0.05, 0.1) is 31.1 Å². The van der Waals surface area contributed by atoms with Gasteiger partial charge in [0.15, 0.2) is 0 Å². The standard InChI is InChI=1S/C26H21N3O3/c1-31-22-13-7-6-12-21(22)28-26(30)18(16-27)15-20-19-11-8-14-23(32-2)25(19)29-24(20)17-9-4-3-5-10-17/h3-15,29H,1-2H3,(H,28,30)/b18-15+. The average molecular weight is 423 g/mol. The summed E-state index contributed by atoms with van der Waals surface area (Å²) in [6.45, 7) is 0. The largest absolute Gasteiger partial charge is 0.495 e. The lowest BCUT2D eigenvalue weighted by atomic mass is 10.0. The van der Waals surface area contributed by atoms with Crippen LogP contribution in [0.2, 0.25) is 0 Å². The molecule has 0 fully saturated rings. The van der Waals surface area contributed by atoms with Gasteiger partial charge in [-0.3, -0.25) is 4.79 Å². The van der Waals surface area contributed by atoms with Gasteiger partial charge in [-0.25, -0.2) is 0 Å². The van der Waals surface area contributed by atoms with Gasteiger partial charge in [-0.2, -0.15) is 5.26 Å². The van der Waals surface area contributed by atoms with Gasteiger partial charge in [-0.1, -0.05) is 54.6 Å². The van der Waals surface area contributed by atoms with Crippen molar-refractivity contribution in [3.8, 4) is 28.8 Å². The van der Waals surface area contributed by atoms with E-state index in [1.54, 1.807) is 37.5 Å². The van der Waals surface area contributed by atoms with Gasteiger partial charge in [0.1, 0.15) is 23.1 Å². The number of nitrogens with one attached hydrogen (secondary N) is 2. The number of aromatic amines is 1. The number of fused-ring (bicyclic) bond motifs is 1. The first-order valence-corrected chi connectivity index (χ1v) is 9.96. The maximum absolute atomic E-state index is 13.0. The van der Waals surface area contributed by atoms with Crippen molar-refractivity contribution in [1.82, 2.24) is 4.98 Å². The van der Waals surface area contributed by atoms with E-state index in [9.17, 15) is 10.1 Å². The van der Waals surface area contributed by atoms with Crippen LogP contribution in [0.5, 0.6) is 11.5 Å². The molecule has 4 aromatic rings. The van der Waals surface area contributed by atoms with Gasteiger partial charge >= 0.3 is 0 Å². The minimum Gasteiger partial charge on any atom is -0.495 e. The van der Waals surface area contributed by atoms with Crippen LogP contribution in [0.25, 0.3) is 28.2 Å². The van der Waals surface area contributed by atoms with Crippen LogP contribution in [0.4, 0.5) is 5.69 Å². The summed E-state index contributed by atoms with van der Waals surface area (Å²) in [6, 6.07) is 24.5. The zero-order chi connectivity index (χ0) is 22.5. The van der Waals surface area contributed by atoms with Crippen LogP contribution in [-0.2, 0) is 4.79 Å². The second-order valence-corrected chi connectivity index (χ2v) is 6.99. The Kier molecular flexibility index (Phi) is 5.91. The smallest absolute Gasteiger partial charge is 0.266 e. The molecule has 0 spiro atoms. The topological polar surface area (TPSA) is 87.1 Å². The molecule has 0 saturated heterocycles. The first kappa shape index (κ1) is 20.8. The Balaban J connectivity index is 1.84. The molecule has 1 aromatic heterocycles. The highest BCUT2D eigenvalue weighted by Crippen LogP contribution is 2.36. The highest BCUT2D eigenvalue weighted by atomic mass is 16.5. The Bertz CT molecular complexity index is 1350. The zero-order valence-electron chi connectivity index (χ0n) is 17.7. The predicted molar refractivity (Wildman–Crippen MR) is 126 cm³/mol. The highest BCUT2D eigenvalue weighted by Gasteiger charge is 2.18. The summed E-state index contributed by atoms with van der Waals surface area (Å²) < 4.78 is 10.8. The number of ether oxygens (including phenoxy) is 2. The van der Waals surface area contributed by atoms with Gasteiger partial charge in [0.2, 0.25) is 0 Å². The number of benzene rings is 3. The molecule has 1 heterocycles. The van der Waals surface area contributed by atoms with Crippen molar-refractivity contribution in [3.05, 3.63) is 83.9 Å². The fourth-order valence-electron chi connectivity index (χ4n) is 3.59. The first-order valence-electron chi connectivity index (χ1n) is 9.96. The summed E-state index contributed by atoms with van der Waals surface area (Å²) in [5, 5.41) is 13.4. The zero-order valence-corrected chi connectivity index (χ0v) is 17.7. The molecule has 32 heavy (non-hydrogen) atoms. The second kappa shape index (κ2) is 9.11. The Hall–Kier alpha value is -4.50. The summed E-state index contributed by atoms with van der Waals surface area (Å²) >= 11 is 0. The van der Waals surface area contributed by atoms with Crippen molar-refractivity contribution in [1.29, 1.82) is 5.26 Å². The molecule has 0 unspecified atom stereocenters. The SMILES string of the molecule is COc1ccccc1NC(=O)/C(C#N)=C/c1c(-c2ccccc2)[nH]c2c(OC)cccc12. The summed E-state index contributed by atoms with van der Waals surface area (Å²) in [7, 11) is 3.13. The third-order valence-corrected chi connectivity index (χ3v) is 5.13. The lowest BCUT2D eigenvalue weighted by Crippen LogP contribution is -2.14. The molecule has 0 radical (unpaired) electrons. The van der Waals surface area contributed by atoms with Crippen LogP contribution < -0.4 is 14.8 Å². The van der Waals surface area contributed by atoms with Crippen molar-refractivity contribution in [2.45, 2.75) is 0 Å². The van der Waals surface area contributed by atoms with Crippen LogP contribution >= 0.6 is 0 Å². The number of nitrogens with zero attached hydrogens (tertiary/aromatic N) is 1. The number of hydrogen-bond acceptors (Lipinski definition) is 4. The summed E-state index contributed by atoms with van der Waals surface area (Å²) in [5.74, 6) is 0.671. The van der Waals surface area contributed by atoms with E-state index >= 15 is 0 Å². The van der Waals surface area contributed by atoms with Crippen LogP contribution in [0.1, 0.15) is 5.56 Å². The summed E-state index contributed by atoms with van der Waals surface area (Å²) in [6.07, 6.45) is 1.60. The number of methoxy groups -OCH3 is 2. The first-order chi connectivity index (χ1) is 15.7. The molecular formula is C26H21N3O3. The lowest BCUT2D eigenvalue weighted by Gasteiger charge is -2.09. The van der Waals surface area contributed by atoms with Crippen molar-refractivity contribution >= 4 is 28.6 Å². The predicted octanol–water partition coefficient (Wildman–Crippen LogP) is 5.40. The van der Waals surface area contributed by atoms with Gasteiger partial charge < -0.3 is 19.8 Å². The maximum atomic E-state index is 13.0. The third kappa shape index (κ3) is 3.92. The van der Waals surface area contributed by atoms with Crippen molar-refractivity contribution in [3.63, 3.8) is 0 Å². The average Bonchev–Trinajstić information content (AvgIpc) is 3.21. The molecule has 0 aliphatic heterocycles. The van der Waals surface area contributed by atoms with Crippen LogP contribution in [0.3, 0.4) is 0 Å². The minimum atomic E-state index is -0.520. The molecule has 0 aliphatic rings. The molecule has 158 valence electrons. The van der Waals surface area contributed by atoms with E-state index in [2.05, 4.69) is 10.3 Å². The molecule has 0 atom stereocenters. The number of aromatic nitrogens is 1. The van der Waals surface area contributed by atoms with Crippen LogP contribution in [0.15, 0.2) is 78.4 Å². The van der Waals surface area contributed by atoms with E-state index in [1.165, 1.54) is 7.11 Å². The third-order valence-electron chi connectivity index (χ3n) is 5.13. The number of para-hydroxylation sites is 3. The van der Waals surface area contributed by atoms with Crippen molar-refractivity contribution in [2.24, 2.45) is 0 Å². The summed E-state index contributed by atoms with van der Waals surface area (Å²) in [5.41, 5.74) is 3.71. The number of carbonyl (C=O) groups is 1. The number of rotatable bonds is 6.